The lowest BCUT2D eigenvalue weighted by molar-refractivity contribution is 0.0439. The van der Waals surface area contributed by atoms with Crippen molar-refractivity contribution in [2.75, 3.05) is 5.32 Å². The molecule has 0 fully saturated rings. The molecule has 0 saturated carbocycles. The van der Waals surface area contributed by atoms with Crippen molar-refractivity contribution in [1.82, 2.24) is 4.98 Å². The number of hydrogen-bond acceptors (Lipinski definition) is 6. The number of ether oxygens (including phenoxy) is 1. The predicted molar refractivity (Wildman–Crippen MR) is 129 cm³/mol. The fourth-order valence-corrected chi connectivity index (χ4v) is 4.58. The second-order valence-corrected chi connectivity index (χ2v) is 13.9. The largest absolute Gasteiger partial charge is 0.477 e. The molecule has 0 bridgehead atoms. The van der Waals surface area contributed by atoms with E-state index in [4.69, 9.17) is 9.15 Å². The number of furan rings is 1. The molecule has 2 aromatic heterocycles. The third-order valence-electron chi connectivity index (χ3n) is 5.32. The summed E-state index contributed by atoms with van der Waals surface area (Å²) >= 11 is 0. The van der Waals surface area contributed by atoms with Crippen LogP contribution in [0.1, 0.15) is 26.5 Å². The summed E-state index contributed by atoms with van der Waals surface area (Å²) in [5.41, 5.74) is 0.682. The molecule has 34 heavy (non-hydrogen) atoms. The molecule has 4 rings (SSSR count). The first-order chi connectivity index (χ1) is 16.1. The van der Waals surface area contributed by atoms with Crippen molar-refractivity contribution in [3.63, 3.8) is 0 Å². The molecular formula is C25H23FN2O5Si. The zero-order chi connectivity index (χ0) is 24.5. The molecule has 0 amide bonds. The second kappa shape index (κ2) is 9.10. The number of carbonyl (C=O) groups is 2. The van der Waals surface area contributed by atoms with Crippen molar-refractivity contribution in [3.8, 4) is 0 Å². The van der Waals surface area contributed by atoms with E-state index < -0.39 is 25.8 Å². The van der Waals surface area contributed by atoms with Crippen molar-refractivity contribution in [2.24, 2.45) is 0 Å². The number of anilines is 2. The number of esters is 1. The Hall–Kier alpha value is -3.98. The Balaban J connectivity index is 1.76. The van der Waals surface area contributed by atoms with Gasteiger partial charge in [0.15, 0.2) is 5.58 Å². The fourth-order valence-electron chi connectivity index (χ4n) is 3.44. The highest BCUT2D eigenvalue weighted by atomic mass is 28.3. The van der Waals surface area contributed by atoms with Crippen LogP contribution in [0.3, 0.4) is 0 Å². The van der Waals surface area contributed by atoms with Gasteiger partial charge in [0.2, 0.25) is 5.76 Å². The summed E-state index contributed by atoms with van der Waals surface area (Å²) in [6.07, 6.45) is 2.48. The summed E-state index contributed by atoms with van der Waals surface area (Å²) in [5.74, 6) is -2.86. The number of carboxylic acids is 1. The highest BCUT2D eigenvalue weighted by Crippen LogP contribution is 2.35. The summed E-state index contributed by atoms with van der Waals surface area (Å²) in [4.78, 5) is 28.6. The van der Waals surface area contributed by atoms with Crippen LogP contribution < -0.4 is 10.5 Å². The van der Waals surface area contributed by atoms with E-state index >= 15 is 0 Å². The van der Waals surface area contributed by atoms with Gasteiger partial charge in [-0.25, -0.2) is 14.0 Å². The third-order valence-corrected chi connectivity index (χ3v) is 7.36. The van der Waals surface area contributed by atoms with E-state index in [1.165, 1.54) is 12.3 Å². The molecule has 2 aromatic carbocycles. The van der Waals surface area contributed by atoms with E-state index in [-0.39, 0.29) is 40.3 Å². The van der Waals surface area contributed by atoms with Gasteiger partial charge >= 0.3 is 11.9 Å². The number of carboxylic acid groups (broad SMARTS) is 1. The summed E-state index contributed by atoms with van der Waals surface area (Å²) in [6, 6.07) is 14.0. The molecule has 2 heterocycles. The minimum Gasteiger partial charge on any atom is -0.477 e. The number of aromatic nitrogens is 1. The number of rotatable bonds is 7. The van der Waals surface area contributed by atoms with E-state index in [2.05, 4.69) is 29.9 Å². The molecule has 9 heteroatoms. The van der Waals surface area contributed by atoms with Gasteiger partial charge in [-0.15, -0.1) is 0 Å². The quantitative estimate of drug-likeness (QED) is 0.274. The Morgan fingerprint density at radius 2 is 1.85 bits per heavy atom. The first kappa shape index (κ1) is 23.2. The molecule has 0 aliphatic rings. The average Bonchev–Trinajstić information content (AvgIpc) is 3.17. The van der Waals surface area contributed by atoms with Gasteiger partial charge in [0.05, 0.1) is 19.1 Å². The van der Waals surface area contributed by atoms with Crippen LogP contribution in [0, 0.1) is 5.82 Å². The van der Waals surface area contributed by atoms with Gasteiger partial charge in [-0.1, -0.05) is 61.2 Å². The molecule has 4 aromatic rings. The summed E-state index contributed by atoms with van der Waals surface area (Å²) in [6.45, 7) is 6.31. The zero-order valence-corrected chi connectivity index (χ0v) is 19.9. The Bertz CT molecular complexity index is 1380. The predicted octanol–water partition coefficient (Wildman–Crippen LogP) is 5.31. The molecular weight excluding hydrogens is 455 g/mol. The number of benzene rings is 2. The molecule has 0 atom stereocenters. The van der Waals surface area contributed by atoms with E-state index in [0.29, 0.717) is 0 Å². The zero-order valence-electron chi connectivity index (χ0n) is 18.9. The third kappa shape index (κ3) is 4.69. The molecule has 0 aliphatic carbocycles. The highest BCUT2D eigenvalue weighted by Gasteiger charge is 2.27. The van der Waals surface area contributed by atoms with E-state index in [0.717, 1.165) is 16.9 Å². The number of nitrogens with zero attached hydrogens (tertiary/aromatic N) is 1. The van der Waals surface area contributed by atoms with Gasteiger partial charge in [-0.05, 0) is 17.7 Å². The van der Waals surface area contributed by atoms with Gasteiger partial charge in [0.25, 0.3) is 0 Å². The Labute approximate surface area is 196 Å². The van der Waals surface area contributed by atoms with Gasteiger partial charge in [-0.2, -0.15) is 0 Å². The van der Waals surface area contributed by atoms with Crippen LogP contribution in [-0.2, 0) is 11.3 Å². The summed E-state index contributed by atoms with van der Waals surface area (Å²) in [7, 11) is -1.74. The normalized spacial score (nSPS) is 11.4. The molecule has 0 spiro atoms. The fraction of sp³-hybridized carbons (Fsp3) is 0.160. The number of nitrogens with one attached hydrogen (secondary N) is 1. The van der Waals surface area contributed by atoms with Crippen molar-refractivity contribution in [3.05, 3.63) is 83.6 Å². The van der Waals surface area contributed by atoms with Crippen LogP contribution in [0.2, 0.25) is 19.6 Å². The first-order valence-corrected chi connectivity index (χ1v) is 14.1. The maximum absolute atomic E-state index is 15.0. The van der Waals surface area contributed by atoms with Gasteiger partial charge in [0, 0.05) is 12.4 Å². The highest BCUT2D eigenvalue weighted by molar-refractivity contribution is 6.88. The number of aromatic carboxylic acids is 1. The topological polar surface area (TPSA) is 102 Å². The van der Waals surface area contributed by atoms with Gasteiger partial charge in [-0.3, -0.25) is 4.98 Å². The summed E-state index contributed by atoms with van der Waals surface area (Å²) < 4.78 is 26.0. The SMILES string of the molecule is C[Si](C)(C)c1ccc(Nc2c(C(=O)OCc3ccccc3)oc3c(C(=O)O)cncc23)c(F)c1. The Morgan fingerprint density at radius 1 is 1.12 bits per heavy atom. The maximum Gasteiger partial charge on any atom is 0.376 e. The minimum absolute atomic E-state index is 0.0144. The smallest absolute Gasteiger partial charge is 0.376 e. The Kier molecular flexibility index (Phi) is 6.21. The number of hydrogen-bond donors (Lipinski definition) is 2. The lowest BCUT2D eigenvalue weighted by atomic mass is 10.2. The molecule has 0 aliphatic heterocycles. The Morgan fingerprint density at radius 3 is 2.50 bits per heavy atom. The van der Waals surface area contributed by atoms with E-state index in [1.807, 2.05) is 24.3 Å². The standard InChI is InChI=1S/C25H23FN2O5Si/c1-34(2,3)16-9-10-20(19(26)11-16)28-21-17-12-27-13-18(24(29)30)22(17)33-23(21)25(31)32-14-15-7-5-4-6-8-15/h4-13,28H,14H2,1-3H3,(H,29,30). The van der Waals surface area contributed by atoms with Crippen LogP contribution in [0.4, 0.5) is 15.8 Å². The van der Waals surface area contributed by atoms with Gasteiger partial charge in [0.1, 0.15) is 23.7 Å². The van der Waals surface area contributed by atoms with Crippen LogP contribution in [-0.4, -0.2) is 30.1 Å². The monoisotopic (exact) mass is 478 g/mol. The van der Waals surface area contributed by atoms with Crippen LogP contribution in [0.25, 0.3) is 11.0 Å². The van der Waals surface area contributed by atoms with Crippen molar-refractivity contribution >= 4 is 47.5 Å². The number of halogens is 1. The van der Waals surface area contributed by atoms with Crippen LogP contribution in [0.15, 0.2) is 65.3 Å². The molecule has 174 valence electrons. The van der Waals surface area contributed by atoms with Crippen LogP contribution in [0.5, 0.6) is 0 Å². The number of carbonyl (C=O) groups excluding carboxylic acids is 1. The second-order valence-electron chi connectivity index (χ2n) is 8.81. The van der Waals surface area contributed by atoms with E-state index in [9.17, 15) is 19.1 Å². The molecule has 0 radical (unpaired) electrons. The van der Waals surface area contributed by atoms with Crippen molar-refractivity contribution in [1.29, 1.82) is 0 Å². The molecule has 7 nitrogen and oxygen atoms in total. The average molecular weight is 479 g/mol. The van der Waals surface area contributed by atoms with Gasteiger partial charge < -0.3 is 19.6 Å². The maximum atomic E-state index is 15.0. The number of fused-ring (bicyclic) bond motifs is 1. The number of pyridine rings is 1. The minimum atomic E-state index is -1.74. The lowest BCUT2D eigenvalue weighted by Crippen LogP contribution is -2.37. The molecule has 0 unspecified atom stereocenters. The molecule has 2 N–H and O–H groups in total. The lowest BCUT2D eigenvalue weighted by Gasteiger charge is -2.18. The van der Waals surface area contributed by atoms with Crippen LogP contribution >= 0.6 is 0 Å². The van der Waals surface area contributed by atoms with Crippen molar-refractivity contribution in [2.45, 2.75) is 26.2 Å². The first-order valence-electron chi connectivity index (χ1n) is 10.6. The molecule has 0 saturated heterocycles. The van der Waals surface area contributed by atoms with E-state index in [1.54, 1.807) is 18.2 Å². The van der Waals surface area contributed by atoms with Crippen molar-refractivity contribution < 1.29 is 28.2 Å². The summed E-state index contributed by atoms with van der Waals surface area (Å²) in [5, 5.41) is 13.6.